The smallest absolute Gasteiger partial charge is 0.0133 e. The molecule has 1 aliphatic carbocycles. The number of fused-ring (bicyclic) bond motifs is 1. The molecule has 0 heterocycles. The summed E-state index contributed by atoms with van der Waals surface area (Å²) >= 11 is 2.41. The molecular weight excluding hydrogens is 295 g/mol. The predicted molar refractivity (Wildman–Crippen MR) is 74.4 cm³/mol. The van der Waals surface area contributed by atoms with Gasteiger partial charge in [0.05, 0.1) is 0 Å². The minimum atomic E-state index is 0.353. The van der Waals surface area contributed by atoms with Crippen molar-refractivity contribution in [2.24, 2.45) is 0 Å². The van der Waals surface area contributed by atoms with E-state index in [9.17, 15) is 0 Å². The Morgan fingerprint density at radius 2 is 1.47 bits per heavy atom. The highest BCUT2D eigenvalue weighted by Gasteiger charge is 2.36. The number of hydrogen-bond donors (Lipinski definition) is 0. The van der Waals surface area contributed by atoms with E-state index < -0.39 is 0 Å². The first kappa shape index (κ1) is 11.4. The summed E-state index contributed by atoms with van der Waals surface area (Å²) < 4.78 is 1.36. The third-order valence-corrected chi connectivity index (χ3v) is 4.49. The molecule has 0 spiro atoms. The van der Waals surface area contributed by atoms with Gasteiger partial charge in [0.15, 0.2) is 0 Å². The van der Waals surface area contributed by atoms with Crippen LogP contribution in [0.1, 0.15) is 51.7 Å². The van der Waals surface area contributed by atoms with Crippen molar-refractivity contribution in [3.8, 4) is 0 Å². The van der Waals surface area contributed by atoms with E-state index >= 15 is 0 Å². The lowest BCUT2D eigenvalue weighted by Crippen LogP contribution is -2.33. The van der Waals surface area contributed by atoms with E-state index in [4.69, 9.17) is 0 Å². The molecule has 0 saturated carbocycles. The van der Waals surface area contributed by atoms with Crippen LogP contribution < -0.4 is 0 Å². The molecule has 2 rings (SSSR count). The molecular formula is C14H19I. The maximum atomic E-state index is 2.41. The van der Waals surface area contributed by atoms with Gasteiger partial charge < -0.3 is 0 Å². The van der Waals surface area contributed by atoms with Crippen molar-refractivity contribution in [2.75, 3.05) is 0 Å². The van der Waals surface area contributed by atoms with Crippen LogP contribution in [0.25, 0.3) is 0 Å². The van der Waals surface area contributed by atoms with Crippen molar-refractivity contribution >= 4 is 22.6 Å². The second kappa shape index (κ2) is 3.47. The fourth-order valence-corrected chi connectivity index (χ4v) is 3.05. The lowest BCUT2D eigenvalue weighted by Gasteiger charge is -2.41. The van der Waals surface area contributed by atoms with E-state index in [1.165, 1.54) is 16.4 Å². The molecule has 0 saturated heterocycles. The average Bonchev–Trinajstić information content (AvgIpc) is 2.13. The van der Waals surface area contributed by atoms with Crippen LogP contribution in [0.4, 0.5) is 0 Å². The largest absolute Gasteiger partial charge is 0.0572 e. The topological polar surface area (TPSA) is 0 Å². The van der Waals surface area contributed by atoms with Gasteiger partial charge in [-0.2, -0.15) is 0 Å². The molecule has 0 bridgehead atoms. The molecule has 0 amide bonds. The van der Waals surface area contributed by atoms with E-state index in [2.05, 4.69) is 68.5 Å². The molecule has 15 heavy (non-hydrogen) atoms. The summed E-state index contributed by atoms with van der Waals surface area (Å²) in [7, 11) is 0. The first-order valence-corrected chi connectivity index (χ1v) is 6.71. The van der Waals surface area contributed by atoms with Gasteiger partial charge in [-0.25, -0.2) is 0 Å². The Hall–Kier alpha value is -0.0500. The summed E-state index contributed by atoms with van der Waals surface area (Å²) in [4.78, 5) is 0. The summed E-state index contributed by atoms with van der Waals surface area (Å²) in [6, 6.07) is 6.94. The molecule has 1 aliphatic rings. The molecule has 1 heteroatoms. The Bertz CT molecular complexity index is 388. The SMILES string of the molecule is CC1(C)CCC(C)(C)c2cc(I)ccc21. The van der Waals surface area contributed by atoms with Gasteiger partial charge in [-0.3, -0.25) is 0 Å². The van der Waals surface area contributed by atoms with Crippen molar-refractivity contribution in [1.82, 2.24) is 0 Å². The molecule has 0 N–H and O–H groups in total. The first-order valence-electron chi connectivity index (χ1n) is 5.63. The molecule has 0 unspecified atom stereocenters. The van der Waals surface area contributed by atoms with E-state index in [0.29, 0.717) is 10.8 Å². The van der Waals surface area contributed by atoms with E-state index in [1.807, 2.05) is 0 Å². The molecule has 82 valence electrons. The fraction of sp³-hybridized carbons (Fsp3) is 0.571. The third-order valence-electron chi connectivity index (χ3n) is 3.81. The van der Waals surface area contributed by atoms with Crippen LogP contribution in [0.15, 0.2) is 18.2 Å². The van der Waals surface area contributed by atoms with Crippen LogP contribution in [0.2, 0.25) is 0 Å². The molecule has 1 aromatic rings. The zero-order valence-electron chi connectivity index (χ0n) is 10.0. The Labute approximate surface area is 107 Å². The standard InChI is InChI=1S/C14H19I/c1-13(2)7-8-14(3,4)12-9-10(15)5-6-11(12)13/h5-6,9H,7-8H2,1-4H3. The molecule has 0 nitrogen and oxygen atoms in total. The van der Waals surface area contributed by atoms with Gasteiger partial charge in [0.25, 0.3) is 0 Å². The third kappa shape index (κ3) is 1.95. The van der Waals surface area contributed by atoms with E-state index in [-0.39, 0.29) is 0 Å². The summed E-state index contributed by atoms with van der Waals surface area (Å²) in [6.45, 7) is 9.48. The fourth-order valence-electron chi connectivity index (χ4n) is 2.56. The van der Waals surface area contributed by atoms with Crippen LogP contribution in [-0.4, -0.2) is 0 Å². The average molecular weight is 314 g/mol. The van der Waals surface area contributed by atoms with Crippen LogP contribution in [-0.2, 0) is 10.8 Å². The quantitative estimate of drug-likeness (QED) is 0.612. The monoisotopic (exact) mass is 314 g/mol. The maximum absolute atomic E-state index is 2.41. The molecule has 1 aromatic carbocycles. The number of rotatable bonds is 0. The van der Waals surface area contributed by atoms with Crippen molar-refractivity contribution in [1.29, 1.82) is 0 Å². The van der Waals surface area contributed by atoms with Gasteiger partial charge in [-0.1, -0.05) is 33.8 Å². The van der Waals surface area contributed by atoms with Crippen molar-refractivity contribution < 1.29 is 0 Å². The van der Waals surface area contributed by atoms with Crippen LogP contribution in [0.5, 0.6) is 0 Å². The zero-order valence-corrected chi connectivity index (χ0v) is 12.2. The number of halogens is 1. The summed E-state index contributed by atoms with van der Waals surface area (Å²) in [6.07, 6.45) is 2.60. The zero-order chi connectivity index (χ0) is 11.3. The number of hydrogen-bond acceptors (Lipinski definition) is 0. The van der Waals surface area contributed by atoms with Crippen LogP contribution in [0.3, 0.4) is 0 Å². The summed E-state index contributed by atoms with van der Waals surface area (Å²) in [5, 5.41) is 0. The van der Waals surface area contributed by atoms with Crippen LogP contribution in [0, 0.1) is 3.57 Å². The maximum Gasteiger partial charge on any atom is 0.0133 e. The number of benzene rings is 1. The molecule has 0 aliphatic heterocycles. The lowest BCUT2D eigenvalue weighted by atomic mass is 9.63. The highest BCUT2D eigenvalue weighted by Crippen LogP contribution is 2.45. The van der Waals surface area contributed by atoms with Crippen molar-refractivity contribution in [3.05, 3.63) is 32.9 Å². The van der Waals surface area contributed by atoms with E-state index in [0.717, 1.165) is 0 Å². The van der Waals surface area contributed by atoms with Gasteiger partial charge in [0.2, 0.25) is 0 Å². The summed E-state index contributed by atoms with van der Waals surface area (Å²) in [5.74, 6) is 0. The Kier molecular flexibility index (Phi) is 2.65. The second-order valence-electron chi connectivity index (χ2n) is 5.96. The minimum absolute atomic E-state index is 0.353. The Morgan fingerprint density at radius 3 is 2.07 bits per heavy atom. The molecule has 0 radical (unpaired) electrons. The van der Waals surface area contributed by atoms with Gasteiger partial charge in [0, 0.05) is 3.57 Å². The molecule has 0 aromatic heterocycles. The van der Waals surface area contributed by atoms with Gasteiger partial charge in [-0.15, -0.1) is 0 Å². The lowest BCUT2D eigenvalue weighted by molar-refractivity contribution is 0.331. The normalized spacial score (nSPS) is 22.2. The Morgan fingerprint density at radius 1 is 0.933 bits per heavy atom. The minimum Gasteiger partial charge on any atom is -0.0572 e. The molecule has 0 atom stereocenters. The van der Waals surface area contributed by atoms with Crippen molar-refractivity contribution in [3.63, 3.8) is 0 Å². The highest BCUT2D eigenvalue weighted by atomic mass is 127. The first-order chi connectivity index (χ1) is 6.83. The second-order valence-corrected chi connectivity index (χ2v) is 7.20. The predicted octanol–water partition coefficient (Wildman–Crippen LogP) is 4.64. The van der Waals surface area contributed by atoms with Crippen LogP contribution >= 0.6 is 22.6 Å². The van der Waals surface area contributed by atoms with Crippen molar-refractivity contribution in [2.45, 2.75) is 51.4 Å². The molecule has 0 fully saturated rings. The Balaban J connectivity index is 2.64. The van der Waals surface area contributed by atoms with Gasteiger partial charge in [0.1, 0.15) is 0 Å². The van der Waals surface area contributed by atoms with E-state index in [1.54, 1.807) is 11.1 Å². The van der Waals surface area contributed by atoms with Gasteiger partial charge >= 0.3 is 0 Å². The highest BCUT2D eigenvalue weighted by molar-refractivity contribution is 14.1. The van der Waals surface area contributed by atoms with Gasteiger partial charge in [-0.05, 0) is 69.5 Å². The summed E-state index contributed by atoms with van der Waals surface area (Å²) in [5.41, 5.74) is 3.83.